The highest BCUT2D eigenvalue weighted by Crippen LogP contribution is 2.26. The van der Waals surface area contributed by atoms with Crippen LogP contribution in [0.15, 0.2) is 48.1 Å². The van der Waals surface area contributed by atoms with Crippen LogP contribution in [0.3, 0.4) is 0 Å². The van der Waals surface area contributed by atoms with E-state index in [2.05, 4.69) is 38.4 Å². The molecule has 176 valence electrons. The molecule has 0 aliphatic carbocycles. The fourth-order valence-corrected chi connectivity index (χ4v) is 5.00. The molecular formula is C24H27Cl2FN4OS. The van der Waals surface area contributed by atoms with Gasteiger partial charge >= 0.3 is 0 Å². The van der Waals surface area contributed by atoms with E-state index in [1.54, 1.807) is 18.4 Å². The summed E-state index contributed by atoms with van der Waals surface area (Å²) in [6.07, 6.45) is 4.14. The van der Waals surface area contributed by atoms with Gasteiger partial charge in [0.1, 0.15) is 11.6 Å². The molecule has 4 aromatic rings. The molecule has 1 N–H and O–H groups in total. The fourth-order valence-electron chi connectivity index (χ4n) is 4.34. The van der Waals surface area contributed by atoms with E-state index in [0.717, 1.165) is 65.9 Å². The molecule has 1 fully saturated rings. The van der Waals surface area contributed by atoms with E-state index >= 15 is 0 Å². The number of piperidine rings is 1. The van der Waals surface area contributed by atoms with Gasteiger partial charge in [0.2, 0.25) is 0 Å². The van der Waals surface area contributed by atoms with Crippen molar-refractivity contribution >= 4 is 63.0 Å². The zero-order chi connectivity index (χ0) is 21.2. The molecule has 1 aliphatic heterocycles. The van der Waals surface area contributed by atoms with Crippen molar-refractivity contribution in [1.82, 2.24) is 14.9 Å². The van der Waals surface area contributed by atoms with Gasteiger partial charge in [0.05, 0.1) is 34.6 Å². The Labute approximate surface area is 209 Å². The summed E-state index contributed by atoms with van der Waals surface area (Å²) in [5, 5.41) is 4.50. The summed E-state index contributed by atoms with van der Waals surface area (Å²) in [5.41, 5.74) is 5.60. The van der Waals surface area contributed by atoms with Gasteiger partial charge in [0.25, 0.3) is 0 Å². The Morgan fingerprint density at radius 3 is 2.70 bits per heavy atom. The normalized spacial score (nSPS) is 14.6. The highest BCUT2D eigenvalue weighted by molar-refractivity contribution is 7.16. The van der Waals surface area contributed by atoms with Crippen molar-refractivity contribution < 1.29 is 9.13 Å². The molecule has 5 rings (SSSR count). The number of hydrogen-bond acceptors (Lipinski definition) is 6. The first-order valence-corrected chi connectivity index (χ1v) is 11.5. The molecule has 0 atom stereocenters. The third kappa shape index (κ3) is 5.66. The second kappa shape index (κ2) is 11.3. The van der Waals surface area contributed by atoms with E-state index in [9.17, 15) is 4.39 Å². The maximum absolute atomic E-state index is 14.6. The van der Waals surface area contributed by atoms with Gasteiger partial charge in [-0.15, -0.1) is 36.2 Å². The summed E-state index contributed by atoms with van der Waals surface area (Å²) < 4.78 is 21.1. The Morgan fingerprint density at radius 1 is 1.09 bits per heavy atom. The van der Waals surface area contributed by atoms with Crippen LogP contribution in [-0.2, 0) is 6.42 Å². The number of anilines is 1. The zero-order valence-corrected chi connectivity index (χ0v) is 20.7. The summed E-state index contributed by atoms with van der Waals surface area (Å²) >= 11 is 1.67. The Morgan fingerprint density at radius 2 is 1.91 bits per heavy atom. The molecule has 33 heavy (non-hydrogen) atoms. The maximum Gasteiger partial charge on any atom is 0.145 e. The number of nitrogens with zero attached hydrogens (tertiary/aromatic N) is 3. The lowest BCUT2D eigenvalue weighted by Gasteiger charge is -2.33. The topological polar surface area (TPSA) is 50.3 Å². The summed E-state index contributed by atoms with van der Waals surface area (Å²) in [6, 6.07) is 12.5. The second-order valence-corrected chi connectivity index (χ2v) is 8.90. The minimum atomic E-state index is -0.241. The number of thiazole rings is 1. The first-order chi connectivity index (χ1) is 15.2. The van der Waals surface area contributed by atoms with E-state index in [1.165, 1.54) is 10.9 Å². The zero-order valence-electron chi connectivity index (χ0n) is 18.3. The molecule has 0 unspecified atom stereocenters. The predicted octanol–water partition coefficient (Wildman–Crippen LogP) is 5.95. The fraction of sp³-hybridized carbons (Fsp3) is 0.333. The summed E-state index contributed by atoms with van der Waals surface area (Å²) in [6.45, 7) is 2.85. The Hall–Kier alpha value is -2.19. The number of likely N-dealkylation sites (tertiary alicyclic amines) is 1. The second-order valence-electron chi connectivity index (χ2n) is 8.01. The number of rotatable bonds is 6. The van der Waals surface area contributed by atoms with Crippen LogP contribution in [-0.4, -0.2) is 47.7 Å². The third-order valence-electron chi connectivity index (χ3n) is 6.10. The third-order valence-corrected chi connectivity index (χ3v) is 6.91. The van der Waals surface area contributed by atoms with Crippen molar-refractivity contribution in [2.24, 2.45) is 0 Å². The standard InChI is InChI=1S/C24H25FN4OS.2ClH/c1-30-18-3-4-22-20(13-18)19(21(25)14-26-22)8-11-29-9-6-16(7-10-29)28-17-2-5-24-23(12-17)27-15-31-24;;/h2-5,12-16,28H,6-11H2,1H3;2*1H. The number of halogens is 3. The van der Waals surface area contributed by atoms with Crippen LogP contribution in [0.2, 0.25) is 0 Å². The van der Waals surface area contributed by atoms with Crippen molar-refractivity contribution in [3.63, 3.8) is 0 Å². The monoisotopic (exact) mass is 508 g/mol. The van der Waals surface area contributed by atoms with Gasteiger partial charge in [-0.3, -0.25) is 4.98 Å². The van der Waals surface area contributed by atoms with Crippen molar-refractivity contribution in [2.75, 3.05) is 32.1 Å². The van der Waals surface area contributed by atoms with Gasteiger partial charge in [-0.2, -0.15) is 0 Å². The summed E-state index contributed by atoms with van der Waals surface area (Å²) in [5.74, 6) is 0.485. The van der Waals surface area contributed by atoms with Crippen LogP contribution in [0.5, 0.6) is 5.75 Å². The molecule has 2 aromatic heterocycles. The smallest absolute Gasteiger partial charge is 0.145 e. The molecule has 0 saturated carbocycles. The molecule has 0 amide bonds. The van der Waals surface area contributed by atoms with E-state index in [-0.39, 0.29) is 30.6 Å². The molecular weight excluding hydrogens is 482 g/mol. The van der Waals surface area contributed by atoms with Crippen LogP contribution in [0.4, 0.5) is 10.1 Å². The lowest BCUT2D eigenvalue weighted by Crippen LogP contribution is -2.40. The number of benzene rings is 2. The van der Waals surface area contributed by atoms with Gasteiger partial charge in [0.15, 0.2) is 0 Å². The number of fused-ring (bicyclic) bond motifs is 2. The SMILES string of the molecule is COc1ccc2ncc(F)c(CCN3CCC(Nc4ccc5scnc5c4)CC3)c2c1.Cl.Cl. The molecule has 9 heteroatoms. The van der Waals surface area contributed by atoms with Crippen LogP contribution < -0.4 is 10.1 Å². The lowest BCUT2D eigenvalue weighted by molar-refractivity contribution is 0.221. The first kappa shape index (κ1) is 25.4. The molecule has 1 aliphatic rings. The average Bonchev–Trinajstić information content (AvgIpc) is 3.27. The van der Waals surface area contributed by atoms with Gasteiger partial charge in [-0.25, -0.2) is 9.37 Å². The van der Waals surface area contributed by atoms with Crippen LogP contribution in [0.25, 0.3) is 21.1 Å². The quantitative estimate of drug-likeness (QED) is 0.348. The number of ether oxygens (including phenoxy) is 1. The van der Waals surface area contributed by atoms with E-state index < -0.39 is 0 Å². The van der Waals surface area contributed by atoms with Gasteiger partial charge in [-0.05, 0) is 55.7 Å². The molecule has 3 heterocycles. The van der Waals surface area contributed by atoms with Crippen molar-refractivity contribution in [3.8, 4) is 5.75 Å². The van der Waals surface area contributed by atoms with Crippen molar-refractivity contribution in [1.29, 1.82) is 0 Å². The summed E-state index contributed by atoms with van der Waals surface area (Å²) in [7, 11) is 1.63. The minimum Gasteiger partial charge on any atom is -0.497 e. The largest absolute Gasteiger partial charge is 0.497 e. The number of methoxy groups -OCH3 is 1. The molecule has 2 aromatic carbocycles. The van der Waals surface area contributed by atoms with Crippen molar-refractivity contribution in [2.45, 2.75) is 25.3 Å². The van der Waals surface area contributed by atoms with Crippen molar-refractivity contribution in [3.05, 3.63) is 59.5 Å². The van der Waals surface area contributed by atoms with Crippen LogP contribution >= 0.6 is 36.2 Å². The van der Waals surface area contributed by atoms with E-state index in [0.29, 0.717) is 12.5 Å². The average molecular weight is 509 g/mol. The molecule has 0 bridgehead atoms. The Balaban J connectivity index is 0.00000153. The molecule has 0 radical (unpaired) electrons. The van der Waals surface area contributed by atoms with Gasteiger partial charge in [-0.1, -0.05) is 0 Å². The van der Waals surface area contributed by atoms with Crippen LogP contribution in [0.1, 0.15) is 18.4 Å². The molecule has 5 nitrogen and oxygen atoms in total. The number of hydrogen-bond donors (Lipinski definition) is 1. The molecule has 1 saturated heterocycles. The maximum atomic E-state index is 14.6. The predicted molar refractivity (Wildman–Crippen MR) is 139 cm³/mol. The van der Waals surface area contributed by atoms with E-state index in [1.807, 2.05) is 23.7 Å². The number of aromatic nitrogens is 2. The Bertz CT molecular complexity index is 1210. The highest BCUT2D eigenvalue weighted by atomic mass is 35.5. The number of pyridine rings is 1. The number of nitrogens with one attached hydrogen (secondary N) is 1. The van der Waals surface area contributed by atoms with Gasteiger partial charge < -0.3 is 15.0 Å². The van der Waals surface area contributed by atoms with E-state index in [4.69, 9.17) is 4.74 Å². The first-order valence-electron chi connectivity index (χ1n) is 10.6. The summed E-state index contributed by atoms with van der Waals surface area (Å²) in [4.78, 5) is 11.0. The highest BCUT2D eigenvalue weighted by Gasteiger charge is 2.20. The van der Waals surface area contributed by atoms with Crippen LogP contribution in [0, 0.1) is 5.82 Å². The molecule has 0 spiro atoms. The lowest BCUT2D eigenvalue weighted by atomic mass is 10.0. The van der Waals surface area contributed by atoms with Gasteiger partial charge in [0, 0.05) is 42.3 Å². The Kier molecular flexibility index (Phi) is 8.70. The minimum absolute atomic E-state index is 0.